The number of aryl methyl sites for hydroxylation is 1. The van der Waals surface area contributed by atoms with Crippen molar-refractivity contribution in [3.8, 4) is 22.4 Å². The number of thiazole rings is 1. The molecule has 11 nitrogen and oxygen atoms in total. The van der Waals surface area contributed by atoms with E-state index in [0.29, 0.717) is 17.5 Å². The number of amides is 2. The molecule has 2 amide bonds. The highest BCUT2D eigenvalue weighted by Crippen LogP contribution is 2.38. The number of ether oxygens (including phenoxy) is 3. The number of nitrogens with one attached hydrogen (secondary N) is 3. The zero-order chi connectivity index (χ0) is 29.0. The summed E-state index contributed by atoms with van der Waals surface area (Å²) in [7, 11) is 0. The lowest BCUT2D eigenvalue weighted by molar-refractivity contribution is -0.262. The molecule has 1 saturated heterocycles. The van der Waals surface area contributed by atoms with Crippen molar-refractivity contribution in [2.24, 2.45) is 0 Å². The minimum absolute atomic E-state index is 0.188. The molecule has 0 aliphatic carbocycles. The number of hydrogen-bond donors (Lipinski definition) is 3. The van der Waals surface area contributed by atoms with Gasteiger partial charge in [0.25, 0.3) is 5.79 Å². The molecule has 3 N–H and O–H groups in total. The molecule has 0 saturated carbocycles. The lowest BCUT2D eigenvalue weighted by Gasteiger charge is -2.36. The highest BCUT2D eigenvalue weighted by Gasteiger charge is 2.42. The normalized spacial score (nSPS) is 18.6. The van der Waals surface area contributed by atoms with Gasteiger partial charge in [0, 0.05) is 37.0 Å². The number of aromatic nitrogens is 3. The molecule has 1 aliphatic heterocycles. The van der Waals surface area contributed by atoms with Gasteiger partial charge in [0.2, 0.25) is 0 Å². The van der Waals surface area contributed by atoms with Crippen LogP contribution in [0.2, 0.25) is 0 Å². The van der Waals surface area contributed by atoms with E-state index in [1.54, 1.807) is 26.2 Å². The maximum absolute atomic E-state index is 12.1. The molecule has 1 aromatic carbocycles. The Balaban J connectivity index is 1.40. The van der Waals surface area contributed by atoms with Crippen LogP contribution in [0.3, 0.4) is 0 Å². The van der Waals surface area contributed by atoms with Crippen LogP contribution in [0.15, 0.2) is 48.8 Å². The minimum atomic E-state index is -1.41. The third kappa shape index (κ3) is 6.29. The van der Waals surface area contributed by atoms with Crippen LogP contribution in [-0.4, -0.2) is 65.1 Å². The number of anilines is 2. The third-order valence-corrected chi connectivity index (χ3v) is 7.53. The molecule has 1 fully saturated rings. The number of fused-ring (bicyclic) bond motifs is 1. The average Bonchev–Trinajstić information content (AvgIpc) is 3.37. The standard InChI is InChI=1S/C29H32N6O5S/c1-5-30-27(37)35-28-34-23-13-18(12-21(24(23)41-28)22-9-7-8-10-31-22)19-11-17(3)25(32-14-19)33-20-15-39-29(4,40-16-20)26(36)38-6-2/h7-14,20H,5-6,15-16H2,1-4H3,(H,32,33)(H2,30,34,35,37). The molecule has 4 aromatic rings. The van der Waals surface area contributed by atoms with Crippen molar-refractivity contribution in [3.05, 3.63) is 54.4 Å². The maximum atomic E-state index is 12.1. The second kappa shape index (κ2) is 12.2. The monoisotopic (exact) mass is 576 g/mol. The van der Waals surface area contributed by atoms with E-state index >= 15 is 0 Å². The Kier molecular flexibility index (Phi) is 8.43. The summed E-state index contributed by atoms with van der Waals surface area (Å²) >= 11 is 1.40. The molecule has 3 aromatic heterocycles. The number of esters is 1. The molecule has 0 spiro atoms. The molecule has 5 rings (SSSR count). The van der Waals surface area contributed by atoms with Crippen molar-refractivity contribution in [2.45, 2.75) is 39.5 Å². The topological polar surface area (TPSA) is 137 Å². The number of pyridine rings is 2. The lowest BCUT2D eigenvalue weighted by Crippen LogP contribution is -2.52. The predicted molar refractivity (Wildman–Crippen MR) is 158 cm³/mol. The number of nitrogens with zero attached hydrogens (tertiary/aromatic N) is 3. The Bertz CT molecular complexity index is 1550. The maximum Gasteiger partial charge on any atom is 0.366 e. The number of urea groups is 1. The lowest BCUT2D eigenvalue weighted by atomic mass is 10.0. The second-order valence-electron chi connectivity index (χ2n) is 9.61. The SMILES string of the molecule is CCNC(=O)Nc1nc2cc(-c3cnc(NC4COC(C)(C(=O)OCC)OC4)c(C)c3)cc(-c3ccccn3)c2s1. The van der Waals surface area contributed by atoms with E-state index in [2.05, 4.69) is 37.0 Å². The Morgan fingerprint density at radius 2 is 1.93 bits per heavy atom. The Morgan fingerprint density at radius 3 is 2.61 bits per heavy atom. The van der Waals surface area contributed by atoms with Crippen LogP contribution in [-0.2, 0) is 19.0 Å². The summed E-state index contributed by atoms with van der Waals surface area (Å²) in [6.07, 6.45) is 3.55. The number of rotatable bonds is 8. The first-order valence-corrected chi connectivity index (χ1v) is 14.2. The molecular formula is C29H32N6O5S. The van der Waals surface area contributed by atoms with Crippen LogP contribution in [0.25, 0.3) is 32.6 Å². The summed E-state index contributed by atoms with van der Waals surface area (Å²) in [6, 6.07) is 11.4. The molecule has 12 heteroatoms. The van der Waals surface area contributed by atoms with E-state index in [1.807, 2.05) is 44.2 Å². The van der Waals surface area contributed by atoms with Crippen molar-refractivity contribution in [2.75, 3.05) is 37.0 Å². The van der Waals surface area contributed by atoms with Gasteiger partial charge in [-0.1, -0.05) is 17.4 Å². The first-order valence-electron chi connectivity index (χ1n) is 13.4. The van der Waals surface area contributed by atoms with Crippen molar-refractivity contribution in [1.82, 2.24) is 20.3 Å². The first kappa shape index (κ1) is 28.4. The van der Waals surface area contributed by atoms with Crippen LogP contribution in [0.5, 0.6) is 0 Å². The fourth-order valence-corrected chi connectivity index (χ4v) is 5.38. The van der Waals surface area contributed by atoms with Crippen molar-refractivity contribution >= 4 is 44.5 Å². The summed E-state index contributed by atoms with van der Waals surface area (Å²) in [4.78, 5) is 38.2. The highest BCUT2D eigenvalue weighted by molar-refractivity contribution is 7.22. The van der Waals surface area contributed by atoms with E-state index < -0.39 is 11.8 Å². The van der Waals surface area contributed by atoms with Crippen LogP contribution < -0.4 is 16.0 Å². The van der Waals surface area contributed by atoms with Gasteiger partial charge >= 0.3 is 12.0 Å². The molecule has 214 valence electrons. The summed E-state index contributed by atoms with van der Waals surface area (Å²) in [5.74, 6) is -1.25. The van der Waals surface area contributed by atoms with Gasteiger partial charge in [-0.15, -0.1) is 0 Å². The van der Waals surface area contributed by atoms with E-state index in [4.69, 9.17) is 14.2 Å². The fourth-order valence-electron chi connectivity index (χ4n) is 4.42. The third-order valence-electron chi connectivity index (χ3n) is 6.51. The fraction of sp³-hybridized carbons (Fsp3) is 0.345. The van der Waals surface area contributed by atoms with Gasteiger partial charge in [0.15, 0.2) is 5.13 Å². The van der Waals surface area contributed by atoms with Gasteiger partial charge in [0.1, 0.15) is 5.82 Å². The quantitative estimate of drug-likeness (QED) is 0.248. The molecular weight excluding hydrogens is 544 g/mol. The zero-order valence-electron chi connectivity index (χ0n) is 23.3. The van der Waals surface area contributed by atoms with Gasteiger partial charge in [0.05, 0.1) is 41.8 Å². The summed E-state index contributed by atoms with van der Waals surface area (Å²) in [5, 5.41) is 9.40. The van der Waals surface area contributed by atoms with Crippen LogP contribution in [0, 0.1) is 6.92 Å². The Hall–Kier alpha value is -4.13. The molecule has 41 heavy (non-hydrogen) atoms. The number of carbonyl (C=O) groups is 2. The van der Waals surface area contributed by atoms with Gasteiger partial charge in [-0.05, 0) is 62.2 Å². The van der Waals surface area contributed by atoms with Gasteiger partial charge < -0.3 is 24.8 Å². The van der Waals surface area contributed by atoms with Gasteiger partial charge in [-0.25, -0.2) is 19.6 Å². The van der Waals surface area contributed by atoms with E-state index in [0.717, 1.165) is 38.2 Å². The number of hydrogen-bond acceptors (Lipinski definition) is 10. The van der Waals surface area contributed by atoms with Crippen LogP contribution in [0.1, 0.15) is 26.3 Å². The predicted octanol–water partition coefficient (Wildman–Crippen LogP) is 4.98. The van der Waals surface area contributed by atoms with E-state index in [9.17, 15) is 9.59 Å². The molecule has 1 aliphatic rings. The summed E-state index contributed by atoms with van der Waals surface area (Å²) in [6.45, 7) is 8.44. The van der Waals surface area contributed by atoms with E-state index in [1.165, 1.54) is 11.3 Å². The second-order valence-corrected chi connectivity index (χ2v) is 10.6. The highest BCUT2D eigenvalue weighted by atomic mass is 32.1. The first-order chi connectivity index (χ1) is 19.8. The number of benzene rings is 1. The zero-order valence-corrected chi connectivity index (χ0v) is 24.1. The minimum Gasteiger partial charge on any atom is -0.462 e. The molecule has 0 bridgehead atoms. The van der Waals surface area contributed by atoms with Gasteiger partial charge in [-0.3, -0.25) is 10.3 Å². The molecule has 0 atom stereocenters. The molecule has 0 radical (unpaired) electrons. The average molecular weight is 577 g/mol. The van der Waals surface area contributed by atoms with Crippen molar-refractivity contribution in [3.63, 3.8) is 0 Å². The Morgan fingerprint density at radius 1 is 1.12 bits per heavy atom. The molecule has 0 unspecified atom stereocenters. The van der Waals surface area contributed by atoms with Crippen molar-refractivity contribution in [1.29, 1.82) is 0 Å². The molecule has 4 heterocycles. The number of carbonyl (C=O) groups excluding carboxylic acids is 2. The largest absolute Gasteiger partial charge is 0.462 e. The van der Waals surface area contributed by atoms with Gasteiger partial charge in [-0.2, -0.15) is 0 Å². The van der Waals surface area contributed by atoms with Crippen LogP contribution in [0.4, 0.5) is 15.7 Å². The summed E-state index contributed by atoms with van der Waals surface area (Å²) in [5.41, 5.74) is 5.23. The summed E-state index contributed by atoms with van der Waals surface area (Å²) < 4.78 is 17.4. The van der Waals surface area contributed by atoms with Crippen LogP contribution >= 0.6 is 11.3 Å². The Labute approximate surface area is 241 Å². The van der Waals surface area contributed by atoms with E-state index in [-0.39, 0.29) is 31.9 Å². The van der Waals surface area contributed by atoms with Crippen molar-refractivity contribution < 1.29 is 23.8 Å². The smallest absolute Gasteiger partial charge is 0.366 e.